The quantitative estimate of drug-likeness (QED) is 0.446. The molecule has 1 N–H and O–H groups in total. The molecule has 0 atom stereocenters. The van der Waals surface area contributed by atoms with Gasteiger partial charge in [-0.25, -0.2) is 9.97 Å². The first-order valence-corrected chi connectivity index (χ1v) is 13.3. The van der Waals surface area contributed by atoms with E-state index in [4.69, 9.17) is 19.2 Å². The topological polar surface area (TPSA) is 73.7 Å². The molecule has 3 aliphatic rings. The Hall–Kier alpha value is -3.20. The molecule has 8 nitrogen and oxygen atoms in total. The van der Waals surface area contributed by atoms with Gasteiger partial charge in [0.05, 0.1) is 55.3 Å². The van der Waals surface area contributed by atoms with Crippen molar-refractivity contribution in [1.29, 1.82) is 0 Å². The highest BCUT2D eigenvalue weighted by atomic mass is 16.5. The van der Waals surface area contributed by atoms with Gasteiger partial charge in [-0.3, -0.25) is 4.57 Å². The average Bonchev–Trinajstić information content (AvgIpc) is 3.35. The largest absolute Gasteiger partial charge is 0.493 e. The highest BCUT2D eigenvalue weighted by Crippen LogP contribution is 2.33. The number of pyridine rings is 1. The zero-order chi connectivity index (χ0) is 24.9. The molecule has 3 fully saturated rings. The first kappa shape index (κ1) is 23.0. The van der Waals surface area contributed by atoms with Crippen molar-refractivity contribution < 1.29 is 14.2 Å². The van der Waals surface area contributed by atoms with Gasteiger partial charge in [0, 0.05) is 42.0 Å². The highest BCUT2D eigenvalue weighted by molar-refractivity contribution is 5.92. The molecule has 192 valence electrons. The van der Waals surface area contributed by atoms with Crippen molar-refractivity contribution in [3.8, 4) is 11.6 Å². The lowest BCUT2D eigenvalue weighted by atomic mass is 9.87. The molecule has 0 saturated carbocycles. The Labute approximate surface area is 216 Å². The number of nitrogens with zero attached hydrogens (tertiary/aromatic N) is 4. The van der Waals surface area contributed by atoms with Gasteiger partial charge in [-0.2, -0.15) is 0 Å². The molecule has 0 aliphatic carbocycles. The minimum Gasteiger partial charge on any atom is -0.493 e. The average molecular weight is 500 g/mol. The molecule has 4 aromatic rings. The molecule has 3 aliphatic heterocycles. The lowest BCUT2D eigenvalue weighted by Gasteiger charge is -2.45. The van der Waals surface area contributed by atoms with Crippen LogP contribution in [0.4, 0.5) is 5.69 Å². The third-order valence-corrected chi connectivity index (χ3v) is 8.12. The Morgan fingerprint density at radius 3 is 2.70 bits per heavy atom. The monoisotopic (exact) mass is 499 g/mol. The van der Waals surface area contributed by atoms with Crippen molar-refractivity contribution in [2.45, 2.75) is 25.3 Å². The van der Waals surface area contributed by atoms with Crippen molar-refractivity contribution in [3.63, 3.8) is 0 Å². The van der Waals surface area contributed by atoms with Crippen molar-refractivity contribution in [2.24, 2.45) is 5.41 Å². The molecule has 5 heterocycles. The third kappa shape index (κ3) is 4.23. The van der Waals surface area contributed by atoms with Crippen LogP contribution in [-0.2, 0) is 9.47 Å². The van der Waals surface area contributed by atoms with E-state index in [0.29, 0.717) is 6.61 Å². The van der Waals surface area contributed by atoms with Crippen LogP contribution in [0.1, 0.15) is 19.8 Å². The maximum atomic E-state index is 6.06. The number of aromatic nitrogens is 3. The number of hydrogen-bond acceptors (Lipinski definition) is 7. The summed E-state index contributed by atoms with van der Waals surface area (Å²) in [6, 6.07) is 16.8. The van der Waals surface area contributed by atoms with Crippen molar-refractivity contribution in [3.05, 3.63) is 54.9 Å². The third-order valence-electron chi connectivity index (χ3n) is 8.12. The molecule has 0 amide bonds. The van der Waals surface area contributed by atoms with Gasteiger partial charge in [0.2, 0.25) is 0 Å². The van der Waals surface area contributed by atoms with E-state index in [2.05, 4.69) is 63.1 Å². The number of imidazole rings is 1. The molecule has 2 aromatic carbocycles. The Morgan fingerprint density at radius 2 is 1.92 bits per heavy atom. The summed E-state index contributed by atoms with van der Waals surface area (Å²) in [5, 5.41) is 4.87. The van der Waals surface area contributed by atoms with Crippen molar-refractivity contribution in [1.82, 2.24) is 19.9 Å². The summed E-state index contributed by atoms with van der Waals surface area (Å²) in [7, 11) is 0. The van der Waals surface area contributed by atoms with E-state index in [1.165, 1.54) is 5.69 Å². The lowest BCUT2D eigenvalue weighted by Crippen LogP contribution is -2.59. The fourth-order valence-electron chi connectivity index (χ4n) is 5.77. The van der Waals surface area contributed by atoms with E-state index < -0.39 is 0 Å². The maximum absolute atomic E-state index is 6.06. The summed E-state index contributed by atoms with van der Waals surface area (Å²) in [4.78, 5) is 12.3. The number of para-hydroxylation sites is 1. The van der Waals surface area contributed by atoms with Crippen LogP contribution in [0.15, 0.2) is 54.9 Å². The Kier molecular flexibility index (Phi) is 5.57. The van der Waals surface area contributed by atoms with Crippen molar-refractivity contribution in [2.75, 3.05) is 57.6 Å². The SMILES string of the molecule is CC1(COc2ccc3c(c2)ncn3-c2ccc3cccc(N4CCC5(CC4)COCCN5)c3n2)COC1. The zero-order valence-corrected chi connectivity index (χ0v) is 21.3. The number of piperidine rings is 1. The van der Waals surface area contributed by atoms with Gasteiger partial charge in [-0.1, -0.05) is 19.1 Å². The van der Waals surface area contributed by atoms with E-state index in [-0.39, 0.29) is 11.0 Å². The number of benzene rings is 2. The number of rotatable bonds is 5. The van der Waals surface area contributed by atoms with Crippen LogP contribution >= 0.6 is 0 Å². The van der Waals surface area contributed by atoms with Gasteiger partial charge in [0.15, 0.2) is 0 Å². The first-order chi connectivity index (χ1) is 18.1. The van der Waals surface area contributed by atoms with Gasteiger partial charge < -0.3 is 24.4 Å². The predicted molar refractivity (Wildman–Crippen MR) is 144 cm³/mol. The summed E-state index contributed by atoms with van der Waals surface area (Å²) in [6.07, 6.45) is 4.00. The highest BCUT2D eigenvalue weighted by Gasteiger charge is 2.37. The summed E-state index contributed by atoms with van der Waals surface area (Å²) >= 11 is 0. The second kappa shape index (κ2) is 8.97. The van der Waals surface area contributed by atoms with Gasteiger partial charge in [0.25, 0.3) is 0 Å². The number of fused-ring (bicyclic) bond motifs is 2. The number of anilines is 1. The molecular formula is C29H33N5O3. The fraction of sp³-hybridized carbons (Fsp3) is 0.448. The van der Waals surface area contributed by atoms with Crippen molar-refractivity contribution >= 4 is 27.6 Å². The second-order valence-corrected chi connectivity index (χ2v) is 11.1. The molecular weight excluding hydrogens is 466 g/mol. The normalized spacial score (nSPS) is 20.8. The Bertz CT molecular complexity index is 1430. The van der Waals surface area contributed by atoms with E-state index in [1.807, 2.05) is 18.5 Å². The van der Waals surface area contributed by atoms with Crippen LogP contribution in [0.25, 0.3) is 27.8 Å². The summed E-state index contributed by atoms with van der Waals surface area (Å²) in [5.41, 5.74) is 4.36. The van der Waals surface area contributed by atoms with Gasteiger partial charge in [0.1, 0.15) is 17.9 Å². The van der Waals surface area contributed by atoms with Gasteiger partial charge in [-0.15, -0.1) is 0 Å². The molecule has 0 radical (unpaired) electrons. The zero-order valence-electron chi connectivity index (χ0n) is 21.3. The molecule has 7 rings (SSSR count). The van der Waals surface area contributed by atoms with Gasteiger partial charge in [-0.05, 0) is 43.2 Å². The molecule has 8 heteroatoms. The predicted octanol–water partition coefficient (Wildman–Crippen LogP) is 3.95. The van der Waals surface area contributed by atoms with Crippen LogP contribution in [0.5, 0.6) is 5.75 Å². The Morgan fingerprint density at radius 1 is 1.03 bits per heavy atom. The second-order valence-electron chi connectivity index (χ2n) is 11.1. The standard InChI is InChI=1S/C29H33N5O3/c1-28(16-36-17-28)18-37-22-6-7-24-23(15-22)30-20-34(24)26-8-5-21-3-2-4-25(27(21)32-26)33-12-9-29(10-13-33)19-35-14-11-31-29/h2-8,15,20,31H,9-14,16-19H2,1H3. The molecule has 0 unspecified atom stereocenters. The first-order valence-electron chi connectivity index (χ1n) is 13.3. The molecule has 2 aromatic heterocycles. The summed E-state index contributed by atoms with van der Waals surface area (Å²) in [5.74, 6) is 1.70. The van der Waals surface area contributed by atoms with Gasteiger partial charge >= 0.3 is 0 Å². The molecule has 0 bridgehead atoms. The fourth-order valence-corrected chi connectivity index (χ4v) is 5.77. The minimum absolute atomic E-state index is 0.108. The van der Waals surface area contributed by atoms with Crippen LogP contribution in [-0.4, -0.2) is 72.7 Å². The number of nitrogens with one attached hydrogen (secondary N) is 1. The minimum atomic E-state index is 0.108. The molecule has 3 saturated heterocycles. The van der Waals surface area contributed by atoms with Crippen LogP contribution in [0, 0.1) is 5.41 Å². The number of morpholine rings is 1. The summed E-state index contributed by atoms with van der Waals surface area (Å²) in [6.45, 7) is 8.89. The Balaban J connectivity index is 1.16. The molecule has 37 heavy (non-hydrogen) atoms. The smallest absolute Gasteiger partial charge is 0.139 e. The maximum Gasteiger partial charge on any atom is 0.139 e. The molecule has 1 spiro atoms. The van der Waals surface area contributed by atoms with Crippen LogP contribution in [0.2, 0.25) is 0 Å². The van der Waals surface area contributed by atoms with Crippen LogP contribution < -0.4 is 15.0 Å². The lowest BCUT2D eigenvalue weighted by molar-refractivity contribution is -0.120. The summed E-state index contributed by atoms with van der Waals surface area (Å²) < 4.78 is 19.3. The van der Waals surface area contributed by atoms with E-state index in [0.717, 1.165) is 92.4 Å². The van der Waals surface area contributed by atoms with E-state index >= 15 is 0 Å². The van der Waals surface area contributed by atoms with Crippen LogP contribution in [0.3, 0.4) is 0 Å². The van der Waals surface area contributed by atoms with E-state index in [9.17, 15) is 0 Å². The number of hydrogen-bond donors (Lipinski definition) is 1. The number of ether oxygens (including phenoxy) is 3. The van der Waals surface area contributed by atoms with E-state index in [1.54, 1.807) is 0 Å².